The Bertz CT molecular complexity index is 477. The number of hydrogen-bond acceptors (Lipinski definition) is 3. The van der Waals surface area contributed by atoms with Crippen molar-refractivity contribution in [3.8, 4) is 6.07 Å². The fourth-order valence-electron chi connectivity index (χ4n) is 1.87. The van der Waals surface area contributed by atoms with Crippen LogP contribution in [0.5, 0.6) is 0 Å². The third-order valence-electron chi connectivity index (χ3n) is 2.92. The summed E-state index contributed by atoms with van der Waals surface area (Å²) in [7, 11) is 0. The second kappa shape index (κ2) is 4.98. The van der Waals surface area contributed by atoms with Crippen molar-refractivity contribution in [1.29, 1.82) is 5.26 Å². The van der Waals surface area contributed by atoms with E-state index in [0.717, 1.165) is 11.1 Å². The second-order valence-electron chi connectivity index (χ2n) is 4.12. The molecular weight excluding hydrogens is 216 g/mol. The van der Waals surface area contributed by atoms with E-state index in [1.807, 2.05) is 19.1 Å². The molecule has 4 nitrogen and oxygen atoms in total. The number of carbonyl (C=O) groups excluding carboxylic acids is 1. The maximum atomic E-state index is 11.6. The first-order chi connectivity index (χ1) is 8.20. The van der Waals surface area contributed by atoms with Crippen molar-refractivity contribution in [3.05, 3.63) is 34.9 Å². The van der Waals surface area contributed by atoms with Crippen molar-refractivity contribution in [2.75, 3.05) is 19.8 Å². The summed E-state index contributed by atoms with van der Waals surface area (Å²) in [5.41, 5.74) is 2.78. The van der Waals surface area contributed by atoms with Crippen LogP contribution in [0, 0.1) is 18.3 Å². The van der Waals surface area contributed by atoms with Gasteiger partial charge in [0.1, 0.15) is 6.61 Å². The van der Waals surface area contributed by atoms with Gasteiger partial charge < -0.3 is 9.64 Å². The van der Waals surface area contributed by atoms with Crippen LogP contribution in [-0.4, -0.2) is 30.6 Å². The number of amides is 1. The smallest absolute Gasteiger partial charge is 0.248 e. The number of carbonyl (C=O) groups is 1. The molecule has 0 radical (unpaired) electrons. The fourth-order valence-corrected chi connectivity index (χ4v) is 1.87. The van der Waals surface area contributed by atoms with E-state index in [-0.39, 0.29) is 12.5 Å². The Morgan fingerprint density at radius 2 is 2.35 bits per heavy atom. The zero-order valence-electron chi connectivity index (χ0n) is 9.77. The molecule has 0 unspecified atom stereocenters. The predicted octanol–water partition coefficient (Wildman–Crippen LogP) is 1.23. The predicted molar refractivity (Wildman–Crippen MR) is 62.1 cm³/mol. The van der Waals surface area contributed by atoms with Crippen molar-refractivity contribution in [2.45, 2.75) is 13.5 Å². The van der Waals surface area contributed by atoms with Crippen LogP contribution in [0.2, 0.25) is 0 Å². The fraction of sp³-hybridized carbons (Fsp3) is 0.385. The van der Waals surface area contributed by atoms with Crippen LogP contribution in [0.3, 0.4) is 0 Å². The largest absolute Gasteiger partial charge is 0.370 e. The quantitative estimate of drug-likeness (QED) is 0.767. The summed E-state index contributed by atoms with van der Waals surface area (Å²) in [4.78, 5) is 13.4. The van der Waals surface area contributed by atoms with Crippen molar-refractivity contribution < 1.29 is 9.53 Å². The summed E-state index contributed by atoms with van der Waals surface area (Å²) in [6, 6.07) is 7.65. The summed E-state index contributed by atoms with van der Waals surface area (Å²) in [6.45, 7) is 3.97. The minimum absolute atomic E-state index is 0.0278. The molecule has 0 saturated carbocycles. The minimum Gasteiger partial charge on any atom is -0.370 e. The topological polar surface area (TPSA) is 53.3 Å². The molecule has 1 aromatic rings. The van der Waals surface area contributed by atoms with Gasteiger partial charge in [-0.15, -0.1) is 0 Å². The lowest BCUT2D eigenvalue weighted by Gasteiger charge is -2.27. The first-order valence-corrected chi connectivity index (χ1v) is 5.56. The van der Waals surface area contributed by atoms with E-state index in [4.69, 9.17) is 10.00 Å². The third kappa shape index (κ3) is 2.63. The van der Waals surface area contributed by atoms with Crippen LogP contribution in [0.4, 0.5) is 0 Å². The maximum Gasteiger partial charge on any atom is 0.248 e. The molecule has 2 rings (SSSR count). The third-order valence-corrected chi connectivity index (χ3v) is 2.92. The Balaban J connectivity index is 2.13. The molecule has 0 bridgehead atoms. The molecule has 1 heterocycles. The average Bonchev–Trinajstić information content (AvgIpc) is 2.34. The van der Waals surface area contributed by atoms with Gasteiger partial charge in [0.2, 0.25) is 5.91 Å². The minimum atomic E-state index is 0.0278. The van der Waals surface area contributed by atoms with Crippen molar-refractivity contribution in [3.63, 3.8) is 0 Å². The number of hydrogen-bond donors (Lipinski definition) is 0. The van der Waals surface area contributed by atoms with E-state index in [1.165, 1.54) is 0 Å². The van der Waals surface area contributed by atoms with E-state index in [2.05, 4.69) is 6.07 Å². The molecule has 1 amide bonds. The molecular formula is C13H14N2O2. The molecule has 1 fully saturated rings. The summed E-state index contributed by atoms with van der Waals surface area (Å²) >= 11 is 0. The summed E-state index contributed by atoms with van der Waals surface area (Å²) < 4.78 is 5.08. The highest BCUT2D eigenvalue weighted by Crippen LogP contribution is 2.14. The van der Waals surface area contributed by atoms with E-state index >= 15 is 0 Å². The number of ether oxygens (including phenoxy) is 1. The van der Waals surface area contributed by atoms with E-state index in [9.17, 15) is 4.79 Å². The lowest BCUT2D eigenvalue weighted by molar-refractivity contribution is -0.143. The molecule has 88 valence electrons. The van der Waals surface area contributed by atoms with Gasteiger partial charge in [-0.1, -0.05) is 6.07 Å². The molecule has 4 heteroatoms. The maximum absolute atomic E-state index is 11.6. The highest BCUT2D eigenvalue weighted by molar-refractivity contribution is 5.78. The van der Waals surface area contributed by atoms with Gasteiger partial charge >= 0.3 is 0 Å². The van der Waals surface area contributed by atoms with Gasteiger partial charge in [0.05, 0.1) is 18.2 Å². The van der Waals surface area contributed by atoms with Gasteiger partial charge in [-0.25, -0.2) is 0 Å². The van der Waals surface area contributed by atoms with Gasteiger partial charge in [-0.05, 0) is 30.2 Å². The van der Waals surface area contributed by atoms with E-state index < -0.39 is 0 Å². The Kier molecular flexibility index (Phi) is 3.40. The van der Waals surface area contributed by atoms with Crippen LogP contribution in [-0.2, 0) is 16.1 Å². The summed E-state index contributed by atoms with van der Waals surface area (Å²) in [5.74, 6) is 0.0278. The van der Waals surface area contributed by atoms with Crippen molar-refractivity contribution in [2.24, 2.45) is 0 Å². The Morgan fingerprint density at radius 1 is 1.53 bits per heavy atom. The standard InChI is InChI=1S/C13H14N2O2/c1-10-6-11(7-14)2-3-12(10)8-15-4-5-17-9-13(15)16/h2-3,6H,4-5,8-9H2,1H3. The number of benzene rings is 1. The van der Waals surface area contributed by atoms with Gasteiger partial charge in [0.15, 0.2) is 0 Å². The highest BCUT2D eigenvalue weighted by atomic mass is 16.5. The van der Waals surface area contributed by atoms with E-state index in [0.29, 0.717) is 25.3 Å². The number of nitrogens with zero attached hydrogens (tertiary/aromatic N) is 2. The number of nitriles is 1. The second-order valence-corrected chi connectivity index (χ2v) is 4.12. The molecule has 1 aromatic carbocycles. The lowest BCUT2D eigenvalue weighted by atomic mass is 10.1. The van der Waals surface area contributed by atoms with Gasteiger partial charge in [-0.3, -0.25) is 4.79 Å². The molecule has 0 aromatic heterocycles. The van der Waals surface area contributed by atoms with E-state index in [1.54, 1.807) is 11.0 Å². The zero-order valence-corrected chi connectivity index (χ0v) is 9.77. The molecule has 1 aliphatic heterocycles. The first-order valence-electron chi connectivity index (χ1n) is 5.56. The van der Waals surface area contributed by atoms with Gasteiger partial charge in [0.25, 0.3) is 0 Å². The Labute approximate surface area is 100 Å². The number of aryl methyl sites for hydroxylation is 1. The first kappa shape index (κ1) is 11.6. The van der Waals surface area contributed by atoms with Crippen LogP contribution >= 0.6 is 0 Å². The molecule has 0 atom stereocenters. The molecule has 0 N–H and O–H groups in total. The van der Waals surface area contributed by atoms with Crippen molar-refractivity contribution in [1.82, 2.24) is 4.90 Å². The lowest BCUT2D eigenvalue weighted by Crippen LogP contribution is -2.41. The summed E-state index contributed by atoms with van der Waals surface area (Å²) in [6.07, 6.45) is 0. The SMILES string of the molecule is Cc1cc(C#N)ccc1CN1CCOCC1=O. The van der Waals surface area contributed by atoms with Crippen LogP contribution in [0.1, 0.15) is 16.7 Å². The Morgan fingerprint density at radius 3 is 3.00 bits per heavy atom. The molecule has 1 saturated heterocycles. The average molecular weight is 230 g/mol. The molecule has 0 spiro atoms. The summed E-state index contributed by atoms with van der Waals surface area (Å²) in [5, 5.41) is 8.79. The molecule has 1 aliphatic rings. The number of rotatable bonds is 2. The number of morpholine rings is 1. The van der Waals surface area contributed by atoms with Crippen LogP contribution < -0.4 is 0 Å². The van der Waals surface area contributed by atoms with Crippen molar-refractivity contribution >= 4 is 5.91 Å². The zero-order chi connectivity index (χ0) is 12.3. The van der Waals surface area contributed by atoms with Gasteiger partial charge in [0, 0.05) is 13.1 Å². The Hall–Kier alpha value is -1.86. The van der Waals surface area contributed by atoms with Gasteiger partial charge in [-0.2, -0.15) is 5.26 Å². The highest BCUT2D eigenvalue weighted by Gasteiger charge is 2.19. The molecule has 17 heavy (non-hydrogen) atoms. The van der Waals surface area contributed by atoms with Crippen LogP contribution in [0.25, 0.3) is 0 Å². The molecule has 0 aliphatic carbocycles. The monoisotopic (exact) mass is 230 g/mol. The van der Waals surface area contributed by atoms with Crippen LogP contribution in [0.15, 0.2) is 18.2 Å². The normalized spacial score (nSPS) is 15.8.